The molecule has 0 N–H and O–H groups in total. The molecule has 0 saturated heterocycles. The molecule has 2 rings (SSSR count). The van der Waals surface area contributed by atoms with Crippen molar-refractivity contribution in [3.05, 3.63) is 42.0 Å². The summed E-state index contributed by atoms with van der Waals surface area (Å²) in [4.78, 5) is 0.769. The number of ether oxygens (including phenoxy) is 2. The van der Waals surface area contributed by atoms with Gasteiger partial charge in [-0.3, -0.25) is 0 Å². The maximum atomic E-state index is 5.46. The second-order valence-corrected chi connectivity index (χ2v) is 4.55. The van der Waals surface area contributed by atoms with Gasteiger partial charge in [0, 0.05) is 5.56 Å². The molecule has 0 radical (unpaired) electrons. The summed E-state index contributed by atoms with van der Waals surface area (Å²) in [5, 5.41) is 0. The summed E-state index contributed by atoms with van der Waals surface area (Å²) in [6, 6.07) is 12.2. The van der Waals surface area contributed by atoms with Crippen molar-refractivity contribution in [2.75, 3.05) is 14.2 Å². The van der Waals surface area contributed by atoms with Crippen LogP contribution in [0.5, 0.6) is 11.5 Å². The van der Waals surface area contributed by atoms with E-state index in [1.165, 1.54) is 5.56 Å². The van der Waals surface area contributed by atoms with Crippen LogP contribution in [0.3, 0.4) is 0 Å². The van der Waals surface area contributed by atoms with Crippen molar-refractivity contribution in [3.63, 3.8) is 0 Å². The van der Waals surface area contributed by atoms with Crippen molar-refractivity contribution < 1.29 is 9.47 Å². The summed E-state index contributed by atoms with van der Waals surface area (Å²) < 4.78 is 10.8. The van der Waals surface area contributed by atoms with Crippen LogP contribution >= 0.6 is 12.6 Å². The van der Waals surface area contributed by atoms with Crippen LogP contribution in [0.2, 0.25) is 0 Å². The van der Waals surface area contributed by atoms with Crippen molar-refractivity contribution in [1.29, 1.82) is 0 Å². The van der Waals surface area contributed by atoms with E-state index in [9.17, 15) is 0 Å². The van der Waals surface area contributed by atoms with E-state index in [1.807, 2.05) is 12.1 Å². The quantitative estimate of drug-likeness (QED) is 0.842. The number of rotatable bonds is 3. The molecule has 18 heavy (non-hydrogen) atoms. The Labute approximate surface area is 113 Å². The molecule has 0 spiro atoms. The van der Waals surface area contributed by atoms with Gasteiger partial charge >= 0.3 is 0 Å². The van der Waals surface area contributed by atoms with E-state index in [1.54, 1.807) is 14.2 Å². The lowest BCUT2D eigenvalue weighted by atomic mass is 10.0. The van der Waals surface area contributed by atoms with Gasteiger partial charge in [0.25, 0.3) is 0 Å². The zero-order valence-electron chi connectivity index (χ0n) is 10.7. The SMILES string of the molecule is COc1c(S)ccc(-c2ccc(C)cc2)c1OC. The molecule has 0 fully saturated rings. The highest BCUT2D eigenvalue weighted by Crippen LogP contribution is 2.41. The maximum Gasteiger partial charge on any atom is 0.174 e. The van der Waals surface area contributed by atoms with E-state index < -0.39 is 0 Å². The number of hydrogen-bond donors (Lipinski definition) is 1. The predicted molar refractivity (Wildman–Crippen MR) is 77.0 cm³/mol. The van der Waals surface area contributed by atoms with Gasteiger partial charge in [-0.05, 0) is 24.6 Å². The van der Waals surface area contributed by atoms with Crippen LogP contribution in [0.15, 0.2) is 41.3 Å². The molecular weight excluding hydrogens is 244 g/mol. The fraction of sp³-hybridized carbons (Fsp3) is 0.200. The largest absolute Gasteiger partial charge is 0.492 e. The number of aryl methyl sites for hydroxylation is 1. The molecule has 3 heteroatoms. The van der Waals surface area contributed by atoms with Gasteiger partial charge in [-0.2, -0.15) is 0 Å². The van der Waals surface area contributed by atoms with Crippen molar-refractivity contribution in [1.82, 2.24) is 0 Å². The fourth-order valence-electron chi connectivity index (χ4n) is 1.91. The van der Waals surface area contributed by atoms with Crippen LogP contribution in [0.1, 0.15) is 5.56 Å². The molecule has 0 heterocycles. The van der Waals surface area contributed by atoms with E-state index in [0.717, 1.165) is 16.0 Å². The molecule has 0 unspecified atom stereocenters. The number of hydrogen-bond acceptors (Lipinski definition) is 3. The van der Waals surface area contributed by atoms with Crippen molar-refractivity contribution in [3.8, 4) is 22.6 Å². The highest BCUT2D eigenvalue weighted by Gasteiger charge is 2.14. The Hall–Kier alpha value is -1.61. The van der Waals surface area contributed by atoms with Crippen LogP contribution in [0.25, 0.3) is 11.1 Å². The molecule has 2 nitrogen and oxygen atoms in total. The Bertz CT molecular complexity index is 547. The van der Waals surface area contributed by atoms with Crippen LogP contribution in [-0.4, -0.2) is 14.2 Å². The molecular formula is C15H16O2S. The molecule has 0 amide bonds. The highest BCUT2D eigenvalue weighted by molar-refractivity contribution is 7.80. The molecule has 0 aliphatic rings. The number of thiol groups is 1. The van der Waals surface area contributed by atoms with E-state index in [-0.39, 0.29) is 0 Å². The first-order valence-corrected chi connectivity index (χ1v) is 6.13. The second kappa shape index (κ2) is 5.36. The Kier molecular flexibility index (Phi) is 3.82. The Balaban J connectivity index is 2.60. The lowest BCUT2D eigenvalue weighted by molar-refractivity contribution is 0.349. The molecule has 0 aliphatic heterocycles. The fourth-order valence-corrected chi connectivity index (χ4v) is 2.18. The second-order valence-electron chi connectivity index (χ2n) is 4.06. The molecule has 2 aromatic rings. The molecule has 0 bridgehead atoms. The zero-order chi connectivity index (χ0) is 13.1. The monoisotopic (exact) mass is 260 g/mol. The van der Waals surface area contributed by atoms with Gasteiger partial charge in [0.05, 0.1) is 19.1 Å². The van der Waals surface area contributed by atoms with Crippen molar-refractivity contribution >= 4 is 12.6 Å². The molecule has 94 valence electrons. The molecule has 0 atom stereocenters. The first kappa shape index (κ1) is 12.8. The first-order chi connectivity index (χ1) is 8.67. The smallest absolute Gasteiger partial charge is 0.174 e. The van der Waals surface area contributed by atoms with Crippen LogP contribution in [0, 0.1) is 6.92 Å². The predicted octanol–water partition coefficient (Wildman–Crippen LogP) is 3.97. The molecule has 0 saturated carbocycles. The normalized spacial score (nSPS) is 10.2. The number of benzene rings is 2. The van der Waals surface area contributed by atoms with E-state index in [4.69, 9.17) is 9.47 Å². The van der Waals surface area contributed by atoms with E-state index >= 15 is 0 Å². The van der Waals surface area contributed by atoms with Gasteiger partial charge < -0.3 is 9.47 Å². The van der Waals surface area contributed by atoms with Gasteiger partial charge in [0.1, 0.15) is 0 Å². The number of methoxy groups -OCH3 is 2. The minimum Gasteiger partial charge on any atom is -0.492 e. The third kappa shape index (κ3) is 2.31. The average Bonchev–Trinajstić information content (AvgIpc) is 2.39. The summed E-state index contributed by atoms with van der Waals surface area (Å²) in [7, 11) is 3.26. The first-order valence-electron chi connectivity index (χ1n) is 5.68. The molecule has 2 aromatic carbocycles. The third-order valence-electron chi connectivity index (χ3n) is 2.86. The Morgan fingerprint density at radius 2 is 1.44 bits per heavy atom. The standard InChI is InChI=1S/C15H16O2S/c1-10-4-6-11(7-5-10)12-8-9-13(18)15(17-3)14(12)16-2/h4-9,18H,1-3H3. The van der Waals surface area contributed by atoms with Crippen LogP contribution < -0.4 is 9.47 Å². The maximum absolute atomic E-state index is 5.46. The minimum atomic E-state index is 0.666. The summed E-state index contributed by atoms with van der Waals surface area (Å²) >= 11 is 4.37. The molecule has 0 aromatic heterocycles. The minimum absolute atomic E-state index is 0.666. The van der Waals surface area contributed by atoms with Gasteiger partial charge in [-0.25, -0.2) is 0 Å². The highest BCUT2D eigenvalue weighted by atomic mass is 32.1. The van der Waals surface area contributed by atoms with Crippen molar-refractivity contribution in [2.24, 2.45) is 0 Å². The third-order valence-corrected chi connectivity index (χ3v) is 3.21. The Morgan fingerprint density at radius 3 is 2.00 bits per heavy atom. The summed E-state index contributed by atoms with van der Waals surface area (Å²) in [6.45, 7) is 2.07. The van der Waals surface area contributed by atoms with Gasteiger partial charge in [-0.1, -0.05) is 29.8 Å². The van der Waals surface area contributed by atoms with Crippen molar-refractivity contribution in [2.45, 2.75) is 11.8 Å². The van der Waals surface area contributed by atoms with E-state index in [0.29, 0.717) is 11.5 Å². The summed E-state index contributed by atoms with van der Waals surface area (Å²) in [5.74, 6) is 1.38. The lowest BCUT2D eigenvalue weighted by Crippen LogP contribution is -1.94. The summed E-state index contributed by atoms with van der Waals surface area (Å²) in [6.07, 6.45) is 0. The summed E-state index contributed by atoms with van der Waals surface area (Å²) in [5.41, 5.74) is 3.34. The zero-order valence-corrected chi connectivity index (χ0v) is 11.6. The molecule has 0 aliphatic carbocycles. The lowest BCUT2D eigenvalue weighted by Gasteiger charge is -2.14. The van der Waals surface area contributed by atoms with E-state index in [2.05, 4.69) is 43.8 Å². The van der Waals surface area contributed by atoms with Gasteiger partial charge in [-0.15, -0.1) is 12.6 Å². The van der Waals surface area contributed by atoms with Crippen LogP contribution in [0.4, 0.5) is 0 Å². The van der Waals surface area contributed by atoms with Gasteiger partial charge in [0.2, 0.25) is 0 Å². The van der Waals surface area contributed by atoms with Gasteiger partial charge in [0.15, 0.2) is 11.5 Å². The average molecular weight is 260 g/mol. The van der Waals surface area contributed by atoms with Crippen LogP contribution in [-0.2, 0) is 0 Å². The Morgan fingerprint density at radius 1 is 0.833 bits per heavy atom. The topological polar surface area (TPSA) is 18.5 Å².